The van der Waals surface area contributed by atoms with Crippen molar-refractivity contribution in [3.8, 4) is 16.9 Å². The van der Waals surface area contributed by atoms with Crippen molar-refractivity contribution in [2.75, 3.05) is 12.4 Å². The van der Waals surface area contributed by atoms with Crippen molar-refractivity contribution >= 4 is 23.2 Å². The van der Waals surface area contributed by atoms with Gasteiger partial charge in [0.15, 0.2) is 5.65 Å². The summed E-state index contributed by atoms with van der Waals surface area (Å²) in [4.78, 5) is 28.5. The van der Waals surface area contributed by atoms with Crippen LogP contribution in [-0.4, -0.2) is 33.6 Å². The molecule has 1 N–H and O–H groups in total. The maximum Gasteiger partial charge on any atom is 0.306 e. The molecule has 196 valence electrons. The van der Waals surface area contributed by atoms with Crippen LogP contribution in [0.3, 0.4) is 0 Å². The lowest BCUT2D eigenvalue weighted by Crippen LogP contribution is -2.15. The zero-order valence-corrected chi connectivity index (χ0v) is 21.6. The van der Waals surface area contributed by atoms with Crippen molar-refractivity contribution in [1.82, 2.24) is 14.6 Å². The van der Waals surface area contributed by atoms with Crippen LogP contribution in [0.25, 0.3) is 16.8 Å². The largest absolute Gasteiger partial charge is 0.489 e. The molecule has 2 aromatic carbocycles. The van der Waals surface area contributed by atoms with Gasteiger partial charge in [-0.05, 0) is 36.1 Å². The molecular formula is C30H32N4O4. The number of carbonyl (C=O) groups excluding carboxylic acids is 2. The van der Waals surface area contributed by atoms with Crippen LogP contribution >= 0.6 is 0 Å². The Kier molecular flexibility index (Phi) is 7.97. The number of ether oxygens (including phenoxy) is 2. The van der Waals surface area contributed by atoms with Gasteiger partial charge in [-0.2, -0.15) is 5.10 Å². The number of esters is 1. The third-order valence-corrected chi connectivity index (χ3v) is 7.03. The Morgan fingerprint density at radius 1 is 0.974 bits per heavy atom. The third-order valence-electron chi connectivity index (χ3n) is 7.03. The van der Waals surface area contributed by atoms with Gasteiger partial charge >= 0.3 is 5.97 Å². The van der Waals surface area contributed by atoms with Crippen molar-refractivity contribution in [2.24, 2.45) is 0 Å². The van der Waals surface area contributed by atoms with Crippen LogP contribution in [0.15, 0.2) is 67.0 Å². The summed E-state index contributed by atoms with van der Waals surface area (Å²) in [6.45, 7) is 0.516. The van der Waals surface area contributed by atoms with Gasteiger partial charge < -0.3 is 14.8 Å². The molecule has 0 saturated heterocycles. The molecule has 8 heteroatoms. The highest BCUT2D eigenvalue weighted by Gasteiger charge is 2.25. The summed E-state index contributed by atoms with van der Waals surface area (Å²) in [5.74, 6) is 0.461. The van der Waals surface area contributed by atoms with E-state index in [1.165, 1.54) is 26.4 Å². The Labute approximate surface area is 222 Å². The van der Waals surface area contributed by atoms with Crippen LogP contribution in [0.4, 0.5) is 5.69 Å². The Morgan fingerprint density at radius 2 is 1.74 bits per heavy atom. The molecular weight excluding hydrogens is 480 g/mol. The Hall–Kier alpha value is -4.20. The second-order valence-corrected chi connectivity index (χ2v) is 9.61. The van der Waals surface area contributed by atoms with Crippen molar-refractivity contribution in [2.45, 2.75) is 57.5 Å². The molecule has 4 aromatic rings. The lowest BCUT2D eigenvalue weighted by Gasteiger charge is -2.25. The molecule has 1 saturated carbocycles. The molecule has 0 radical (unpaired) electrons. The predicted octanol–water partition coefficient (Wildman–Crippen LogP) is 5.91. The van der Waals surface area contributed by atoms with E-state index in [0.717, 1.165) is 41.0 Å². The summed E-state index contributed by atoms with van der Waals surface area (Å²) in [5.41, 5.74) is 5.45. The average Bonchev–Trinajstić information content (AvgIpc) is 3.38. The van der Waals surface area contributed by atoms with Crippen molar-refractivity contribution in [3.63, 3.8) is 0 Å². The highest BCUT2D eigenvalue weighted by atomic mass is 16.5. The van der Waals surface area contributed by atoms with E-state index in [4.69, 9.17) is 9.72 Å². The smallest absolute Gasteiger partial charge is 0.306 e. The highest BCUT2D eigenvalue weighted by molar-refractivity contribution is 5.95. The molecule has 2 heterocycles. The number of rotatable bonds is 9. The SMILES string of the molecule is COC(=O)CCC(=O)Nc1cnn2c(C3CCCCC3)c(-c3ccc(OCc4ccccc4)cc3)cnc12. The Morgan fingerprint density at radius 3 is 2.47 bits per heavy atom. The van der Waals surface area contributed by atoms with Crippen LogP contribution in [0, 0.1) is 0 Å². The highest BCUT2D eigenvalue weighted by Crippen LogP contribution is 2.39. The number of hydrogen-bond acceptors (Lipinski definition) is 6. The Bertz CT molecular complexity index is 1390. The monoisotopic (exact) mass is 512 g/mol. The number of aromatic nitrogens is 3. The molecule has 0 aliphatic heterocycles. The minimum absolute atomic E-state index is 0.0253. The topological polar surface area (TPSA) is 94.8 Å². The average molecular weight is 513 g/mol. The number of methoxy groups -OCH3 is 1. The molecule has 0 atom stereocenters. The van der Waals surface area contributed by atoms with Crippen LogP contribution in [0.1, 0.15) is 62.1 Å². The van der Waals surface area contributed by atoms with E-state index in [0.29, 0.717) is 23.9 Å². The number of hydrogen-bond donors (Lipinski definition) is 1. The van der Waals surface area contributed by atoms with E-state index in [1.54, 1.807) is 6.20 Å². The van der Waals surface area contributed by atoms with E-state index in [1.807, 2.05) is 53.2 Å². The van der Waals surface area contributed by atoms with Crippen LogP contribution in [0.5, 0.6) is 5.75 Å². The minimum Gasteiger partial charge on any atom is -0.489 e. The zero-order chi connectivity index (χ0) is 26.3. The summed E-state index contributed by atoms with van der Waals surface area (Å²) in [6, 6.07) is 18.2. The second-order valence-electron chi connectivity index (χ2n) is 9.61. The van der Waals surface area contributed by atoms with E-state index < -0.39 is 5.97 Å². The summed E-state index contributed by atoms with van der Waals surface area (Å²) in [7, 11) is 1.31. The number of amides is 1. The molecule has 38 heavy (non-hydrogen) atoms. The lowest BCUT2D eigenvalue weighted by molar-refractivity contribution is -0.141. The van der Waals surface area contributed by atoms with Gasteiger partial charge in [0.25, 0.3) is 0 Å². The fourth-order valence-corrected chi connectivity index (χ4v) is 5.03. The number of benzene rings is 2. The third kappa shape index (κ3) is 5.85. The van der Waals surface area contributed by atoms with Crippen molar-refractivity contribution in [3.05, 3.63) is 78.2 Å². The molecule has 2 aromatic heterocycles. The molecule has 8 nitrogen and oxygen atoms in total. The number of carbonyl (C=O) groups is 2. The van der Waals surface area contributed by atoms with Crippen LogP contribution < -0.4 is 10.1 Å². The van der Waals surface area contributed by atoms with Crippen LogP contribution in [-0.2, 0) is 20.9 Å². The summed E-state index contributed by atoms with van der Waals surface area (Å²) < 4.78 is 12.5. The fourth-order valence-electron chi connectivity index (χ4n) is 5.03. The number of nitrogens with zero attached hydrogens (tertiary/aromatic N) is 3. The zero-order valence-electron chi connectivity index (χ0n) is 21.6. The minimum atomic E-state index is -0.418. The summed E-state index contributed by atoms with van der Waals surface area (Å²) >= 11 is 0. The van der Waals surface area contributed by atoms with Crippen LogP contribution in [0.2, 0.25) is 0 Å². The first-order chi connectivity index (χ1) is 18.6. The van der Waals surface area contributed by atoms with Gasteiger partial charge in [-0.15, -0.1) is 0 Å². The van der Waals surface area contributed by atoms with Gasteiger partial charge in [-0.25, -0.2) is 9.50 Å². The first-order valence-corrected chi connectivity index (χ1v) is 13.1. The van der Waals surface area contributed by atoms with Gasteiger partial charge in [0.2, 0.25) is 5.91 Å². The van der Waals surface area contributed by atoms with Gasteiger partial charge in [0, 0.05) is 24.1 Å². The summed E-state index contributed by atoms with van der Waals surface area (Å²) in [6.07, 6.45) is 9.36. The molecule has 5 rings (SSSR count). The molecule has 1 amide bonds. The quantitative estimate of drug-likeness (QED) is 0.280. The van der Waals surface area contributed by atoms with Gasteiger partial charge in [-0.1, -0.05) is 61.7 Å². The number of fused-ring (bicyclic) bond motifs is 1. The van der Waals surface area contributed by atoms with Gasteiger partial charge in [0.05, 0.1) is 25.4 Å². The second kappa shape index (κ2) is 11.9. The molecule has 1 fully saturated rings. The molecule has 1 aliphatic carbocycles. The number of anilines is 1. The lowest BCUT2D eigenvalue weighted by atomic mass is 9.84. The van der Waals surface area contributed by atoms with E-state index in [9.17, 15) is 9.59 Å². The van der Waals surface area contributed by atoms with Gasteiger partial charge in [-0.3, -0.25) is 9.59 Å². The van der Waals surface area contributed by atoms with E-state index in [-0.39, 0.29) is 18.7 Å². The maximum atomic E-state index is 12.4. The normalized spacial score (nSPS) is 13.8. The molecule has 0 spiro atoms. The first kappa shape index (κ1) is 25.4. The first-order valence-electron chi connectivity index (χ1n) is 13.1. The van der Waals surface area contributed by atoms with E-state index in [2.05, 4.69) is 27.3 Å². The van der Waals surface area contributed by atoms with Crippen molar-refractivity contribution in [1.29, 1.82) is 0 Å². The number of nitrogens with one attached hydrogen (secondary N) is 1. The molecule has 1 aliphatic rings. The maximum absolute atomic E-state index is 12.4. The fraction of sp³-hybridized carbons (Fsp3) is 0.333. The van der Waals surface area contributed by atoms with Gasteiger partial charge in [0.1, 0.15) is 18.0 Å². The van der Waals surface area contributed by atoms with Crippen molar-refractivity contribution < 1.29 is 19.1 Å². The standard InChI is InChI=1S/C30H32N4O4/c1-37-28(36)17-16-27(35)33-26-19-32-34-29(23-10-6-3-7-11-23)25(18-31-30(26)34)22-12-14-24(15-13-22)38-20-21-8-4-2-5-9-21/h2,4-5,8-9,12-15,18-19,23H,3,6-7,10-11,16-17,20H2,1H3,(H,33,35). The molecule has 0 unspecified atom stereocenters. The molecule has 0 bridgehead atoms. The summed E-state index contributed by atoms with van der Waals surface area (Å²) in [5, 5.41) is 7.51. The van der Waals surface area contributed by atoms with E-state index >= 15 is 0 Å². The predicted molar refractivity (Wildman–Crippen MR) is 145 cm³/mol. The Balaban J connectivity index is 1.41.